The molecule has 1 aliphatic heterocycles. The van der Waals surface area contributed by atoms with E-state index in [9.17, 15) is 0 Å². The van der Waals surface area contributed by atoms with Gasteiger partial charge in [0.15, 0.2) is 0 Å². The molecule has 3 heteroatoms. The maximum absolute atomic E-state index is 4.37. The summed E-state index contributed by atoms with van der Waals surface area (Å²) in [5.41, 5.74) is 1.25. The molecule has 0 aromatic carbocycles. The smallest absolute Gasteiger partial charge is 0.0424 e. The molecule has 1 aliphatic rings. The van der Waals surface area contributed by atoms with Gasteiger partial charge in [-0.05, 0) is 19.4 Å². The summed E-state index contributed by atoms with van der Waals surface area (Å²) in [5.74, 6) is 0.579. The first-order valence-corrected chi connectivity index (χ1v) is 5.44. The molecular formula is C11H23N3. The van der Waals surface area contributed by atoms with E-state index in [4.69, 9.17) is 0 Å². The van der Waals surface area contributed by atoms with Crippen LogP contribution in [0.25, 0.3) is 0 Å². The predicted octanol–water partition coefficient (Wildman–Crippen LogP) is 1.77. The summed E-state index contributed by atoms with van der Waals surface area (Å²) in [6, 6.07) is 0. The molecule has 0 spiro atoms. The van der Waals surface area contributed by atoms with Gasteiger partial charge in [-0.3, -0.25) is 4.99 Å². The van der Waals surface area contributed by atoms with Crippen molar-refractivity contribution in [2.24, 2.45) is 10.9 Å². The van der Waals surface area contributed by atoms with Crippen LogP contribution in [0.2, 0.25) is 0 Å². The summed E-state index contributed by atoms with van der Waals surface area (Å²) in [6.45, 7) is 8.16. The maximum Gasteiger partial charge on any atom is 0.0424 e. The predicted molar refractivity (Wildman–Crippen MR) is 63.6 cm³/mol. The lowest BCUT2D eigenvalue weighted by Crippen LogP contribution is -2.27. The quantitative estimate of drug-likeness (QED) is 0.708. The molecule has 1 heterocycles. The van der Waals surface area contributed by atoms with E-state index in [0.29, 0.717) is 5.92 Å². The second-order valence-corrected chi connectivity index (χ2v) is 3.11. The molecule has 1 unspecified atom stereocenters. The van der Waals surface area contributed by atoms with Crippen LogP contribution in [0.5, 0.6) is 0 Å². The molecule has 0 aromatic heterocycles. The Morgan fingerprint density at radius 3 is 2.93 bits per heavy atom. The molecule has 1 atom stereocenters. The van der Waals surface area contributed by atoms with E-state index in [-0.39, 0.29) is 0 Å². The highest BCUT2D eigenvalue weighted by Gasteiger charge is 2.09. The summed E-state index contributed by atoms with van der Waals surface area (Å²) in [4.78, 5) is 4.37. The fourth-order valence-electron chi connectivity index (χ4n) is 1.26. The Morgan fingerprint density at radius 1 is 1.57 bits per heavy atom. The standard InChI is InChI=1S/C9H17N3.C2H6/c1-8-3-4-11-5-6-12-9(8)7-10-2;1-2/h5-6,8,10-11H,3-4,7H2,1-2H3;1-2H3/b6-5-,12-9?;. The van der Waals surface area contributed by atoms with Crippen molar-refractivity contribution in [3.05, 3.63) is 12.4 Å². The minimum Gasteiger partial charge on any atom is -0.390 e. The van der Waals surface area contributed by atoms with E-state index in [2.05, 4.69) is 22.5 Å². The number of nitrogens with zero attached hydrogens (tertiary/aromatic N) is 1. The number of hydrogen-bond acceptors (Lipinski definition) is 3. The largest absolute Gasteiger partial charge is 0.390 e. The van der Waals surface area contributed by atoms with Crippen LogP contribution in [0.1, 0.15) is 27.2 Å². The fourth-order valence-corrected chi connectivity index (χ4v) is 1.26. The molecule has 3 nitrogen and oxygen atoms in total. The van der Waals surface area contributed by atoms with Gasteiger partial charge in [0.1, 0.15) is 0 Å². The van der Waals surface area contributed by atoms with Gasteiger partial charge in [0, 0.05) is 31.2 Å². The third kappa shape index (κ3) is 5.02. The third-order valence-electron chi connectivity index (χ3n) is 2.08. The molecule has 0 saturated heterocycles. The van der Waals surface area contributed by atoms with Crippen LogP contribution in [0.3, 0.4) is 0 Å². The second kappa shape index (κ2) is 8.75. The number of aliphatic imine (C=N–C) groups is 1. The summed E-state index contributed by atoms with van der Waals surface area (Å²) >= 11 is 0. The molecule has 0 aliphatic carbocycles. The van der Waals surface area contributed by atoms with Crippen molar-refractivity contribution >= 4 is 5.71 Å². The molecule has 0 aromatic rings. The lowest BCUT2D eigenvalue weighted by Gasteiger charge is -2.15. The van der Waals surface area contributed by atoms with Gasteiger partial charge in [-0.25, -0.2) is 0 Å². The number of hydrogen-bond donors (Lipinski definition) is 2. The zero-order valence-electron chi connectivity index (χ0n) is 9.80. The number of rotatable bonds is 2. The van der Waals surface area contributed by atoms with Crippen LogP contribution in [0.15, 0.2) is 17.4 Å². The second-order valence-electron chi connectivity index (χ2n) is 3.11. The Bertz CT molecular complexity index is 185. The highest BCUT2D eigenvalue weighted by Crippen LogP contribution is 2.05. The molecule has 0 amide bonds. The summed E-state index contributed by atoms with van der Waals surface area (Å²) in [6.07, 6.45) is 4.90. The van der Waals surface area contributed by atoms with E-state index in [1.165, 1.54) is 5.71 Å². The van der Waals surface area contributed by atoms with Crippen LogP contribution in [-0.4, -0.2) is 25.8 Å². The van der Waals surface area contributed by atoms with E-state index in [1.54, 1.807) is 0 Å². The van der Waals surface area contributed by atoms with Crippen LogP contribution < -0.4 is 10.6 Å². The first-order chi connectivity index (χ1) is 6.84. The van der Waals surface area contributed by atoms with Gasteiger partial charge in [-0.2, -0.15) is 0 Å². The SMILES string of the molecule is CC.CNCC1=N/C=C\NCCC1C. The molecule has 0 saturated carbocycles. The topological polar surface area (TPSA) is 36.4 Å². The van der Waals surface area contributed by atoms with Crippen LogP contribution >= 0.6 is 0 Å². The van der Waals surface area contributed by atoms with Crippen molar-refractivity contribution in [1.82, 2.24) is 10.6 Å². The van der Waals surface area contributed by atoms with Crippen molar-refractivity contribution in [2.45, 2.75) is 27.2 Å². The van der Waals surface area contributed by atoms with Gasteiger partial charge in [0.05, 0.1) is 0 Å². The Morgan fingerprint density at radius 2 is 2.29 bits per heavy atom. The molecule has 1 rings (SSSR count). The van der Waals surface area contributed by atoms with Crippen LogP contribution in [0.4, 0.5) is 0 Å². The zero-order chi connectivity index (χ0) is 10.8. The van der Waals surface area contributed by atoms with Gasteiger partial charge in [0.2, 0.25) is 0 Å². The Balaban J connectivity index is 0.000000791. The highest BCUT2D eigenvalue weighted by atomic mass is 14.9. The van der Waals surface area contributed by atoms with Crippen molar-refractivity contribution in [3.8, 4) is 0 Å². The lowest BCUT2D eigenvalue weighted by atomic mass is 10.0. The minimum absolute atomic E-state index is 0.579. The molecule has 2 N–H and O–H groups in total. The summed E-state index contributed by atoms with van der Waals surface area (Å²) < 4.78 is 0. The Kier molecular flexibility index (Phi) is 8.24. The Labute approximate surface area is 87.7 Å². The molecule has 0 fully saturated rings. The normalized spacial score (nSPS) is 23.1. The molecule has 82 valence electrons. The van der Waals surface area contributed by atoms with E-state index >= 15 is 0 Å². The minimum atomic E-state index is 0.579. The van der Waals surface area contributed by atoms with Gasteiger partial charge in [-0.1, -0.05) is 20.8 Å². The van der Waals surface area contributed by atoms with Crippen molar-refractivity contribution in [1.29, 1.82) is 0 Å². The lowest BCUT2D eigenvalue weighted by molar-refractivity contribution is 0.635. The van der Waals surface area contributed by atoms with E-state index in [0.717, 1.165) is 19.5 Å². The van der Waals surface area contributed by atoms with Gasteiger partial charge in [-0.15, -0.1) is 0 Å². The third-order valence-corrected chi connectivity index (χ3v) is 2.08. The summed E-state index contributed by atoms with van der Waals surface area (Å²) in [7, 11) is 1.95. The van der Waals surface area contributed by atoms with Gasteiger partial charge >= 0.3 is 0 Å². The van der Waals surface area contributed by atoms with Crippen molar-refractivity contribution in [3.63, 3.8) is 0 Å². The van der Waals surface area contributed by atoms with Gasteiger partial charge in [0.25, 0.3) is 0 Å². The molecule has 0 bridgehead atoms. The van der Waals surface area contributed by atoms with Crippen molar-refractivity contribution < 1.29 is 0 Å². The fraction of sp³-hybridized carbons (Fsp3) is 0.727. The monoisotopic (exact) mass is 197 g/mol. The van der Waals surface area contributed by atoms with Crippen LogP contribution in [-0.2, 0) is 0 Å². The average molecular weight is 197 g/mol. The molecule has 14 heavy (non-hydrogen) atoms. The number of nitrogens with one attached hydrogen (secondary N) is 2. The summed E-state index contributed by atoms with van der Waals surface area (Å²) in [5, 5.41) is 6.30. The Hall–Kier alpha value is -0.830. The zero-order valence-corrected chi connectivity index (χ0v) is 9.80. The molecular weight excluding hydrogens is 174 g/mol. The van der Waals surface area contributed by atoms with Crippen LogP contribution in [0, 0.1) is 5.92 Å². The maximum atomic E-state index is 4.37. The van der Waals surface area contributed by atoms with Crippen molar-refractivity contribution in [2.75, 3.05) is 20.1 Å². The van der Waals surface area contributed by atoms with Gasteiger partial charge < -0.3 is 10.6 Å². The van der Waals surface area contributed by atoms with E-state index in [1.807, 2.05) is 33.3 Å². The van der Waals surface area contributed by atoms with E-state index < -0.39 is 0 Å². The first-order valence-electron chi connectivity index (χ1n) is 5.44. The highest BCUT2D eigenvalue weighted by molar-refractivity contribution is 5.88. The molecule has 0 radical (unpaired) electrons. The average Bonchev–Trinajstić information content (AvgIpc) is 2.21. The first kappa shape index (κ1) is 13.2.